The Bertz CT molecular complexity index is 744. The van der Waals surface area contributed by atoms with Crippen LogP contribution in [0.25, 0.3) is 0 Å². The zero-order chi connectivity index (χ0) is 18.1. The summed E-state index contributed by atoms with van der Waals surface area (Å²) in [5, 5.41) is 2.72. The summed E-state index contributed by atoms with van der Waals surface area (Å²) in [6.45, 7) is 2.47. The van der Waals surface area contributed by atoms with Gasteiger partial charge in [-0.05, 0) is 37.5 Å². The van der Waals surface area contributed by atoms with Crippen LogP contribution >= 0.6 is 0 Å². The Morgan fingerprint density at radius 2 is 1.81 bits per heavy atom. The third kappa shape index (κ3) is 3.25. The van der Waals surface area contributed by atoms with E-state index in [2.05, 4.69) is 5.32 Å². The fraction of sp³-hybridized carbons (Fsp3) is 0.526. The summed E-state index contributed by atoms with van der Waals surface area (Å²) in [6.07, 6.45) is 3.95. The van der Waals surface area contributed by atoms with Gasteiger partial charge in [0, 0.05) is 37.7 Å². The minimum Gasteiger partial charge on any atom is -0.482 e. The molecule has 3 aliphatic rings. The molecule has 1 N–H and O–H groups in total. The molecule has 4 rings (SSSR count). The van der Waals surface area contributed by atoms with E-state index in [0.29, 0.717) is 36.6 Å². The predicted molar refractivity (Wildman–Crippen MR) is 95.0 cm³/mol. The quantitative estimate of drug-likeness (QED) is 0.870. The first-order chi connectivity index (χ1) is 12.6. The average molecular weight is 357 g/mol. The minimum atomic E-state index is -0.194. The van der Waals surface area contributed by atoms with Crippen molar-refractivity contribution in [2.24, 2.45) is 5.92 Å². The molecule has 0 radical (unpaired) electrons. The van der Waals surface area contributed by atoms with E-state index in [4.69, 9.17) is 4.74 Å². The first-order valence-electron chi connectivity index (χ1n) is 9.26. The van der Waals surface area contributed by atoms with Gasteiger partial charge >= 0.3 is 0 Å². The molecule has 2 heterocycles. The molecule has 1 saturated heterocycles. The predicted octanol–water partition coefficient (Wildman–Crippen LogP) is 1.49. The van der Waals surface area contributed by atoms with E-state index in [0.717, 1.165) is 32.2 Å². The van der Waals surface area contributed by atoms with Gasteiger partial charge < -0.3 is 19.9 Å². The smallest absolute Gasteiger partial charge is 0.262 e. The first kappa shape index (κ1) is 16.9. The largest absolute Gasteiger partial charge is 0.482 e. The van der Waals surface area contributed by atoms with Gasteiger partial charge in [-0.1, -0.05) is 6.42 Å². The molecule has 0 aromatic heterocycles. The van der Waals surface area contributed by atoms with Gasteiger partial charge in [0.05, 0.1) is 5.69 Å². The molecule has 0 bridgehead atoms. The van der Waals surface area contributed by atoms with E-state index in [-0.39, 0.29) is 30.2 Å². The highest BCUT2D eigenvalue weighted by Crippen LogP contribution is 2.30. The van der Waals surface area contributed by atoms with Crippen LogP contribution in [0.2, 0.25) is 0 Å². The molecule has 3 amide bonds. The highest BCUT2D eigenvalue weighted by Gasteiger charge is 2.31. The van der Waals surface area contributed by atoms with Crippen LogP contribution in [-0.4, -0.2) is 60.3 Å². The molecule has 0 unspecified atom stereocenters. The number of fused-ring (bicyclic) bond motifs is 1. The fourth-order valence-corrected chi connectivity index (χ4v) is 3.64. The summed E-state index contributed by atoms with van der Waals surface area (Å²) >= 11 is 0. The molecule has 1 saturated carbocycles. The van der Waals surface area contributed by atoms with Gasteiger partial charge in [-0.25, -0.2) is 0 Å². The Labute approximate surface area is 152 Å². The van der Waals surface area contributed by atoms with Crippen molar-refractivity contribution in [3.05, 3.63) is 23.8 Å². The van der Waals surface area contributed by atoms with Gasteiger partial charge in [0.2, 0.25) is 5.91 Å². The van der Waals surface area contributed by atoms with Gasteiger partial charge in [-0.2, -0.15) is 0 Å². The lowest BCUT2D eigenvalue weighted by atomic mass is 9.84. The van der Waals surface area contributed by atoms with Crippen LogP contribution in [0, 0.1) is 5.92 Å². The summed E-state index contributed by atoms with van der Waals surface area (Å²) in [4.78, 5) is 40.4. The molecule has 138 valence electrons. The lowest BCUT2D eigenvalue weighted by Gasteiger charge is -2.31. The molecule has 2 aliphatic heterocycles. The van der Waals surface area contributed by atoms with Gasteiger partial charge in [0.1, 0.15) is 5.75 Å². The molecule has 1 aliphatic carbocycles. The number of nitrogens with one attached hydrogen (secondary N) is 1. The molecule has 7 heteroatoms. The normalized spacial score (nSPS) is 20.4. The number of anilines is 1. The summed E-state index contributed by atoms with van der Waals surface area (Å²) < 4.78 is 5.40. The number of amides is 3. The maximum atomic E-state index is 12.9. The second-order valence-electron chi connectivity index (χ2n) is 7.15. The van der Waals surface area contributed by atoms with E-state index in [9.17, 15) is 14.4 Å². The Morgan fingerprint density at radius 1 is 1.04 bits per heavy atom. The molecular weight excluding hydrogens is 334 g/mol. The summed E-state index contributed by atoms with van der Waals surface area (Å²) in [7, 11) is 0. The lowest BCUT2D eigenvalue weighted by molar-refractivity contribution is -0.138. The summed E-state index contributed by atoms with van der Waals surface area (Å²) in [5.41, 5.74) is 1.13. The van der Waals surface area contributed by atoms with Crippen molar-refractivity contribution in [2.75, 3.05) is 38.1 Å². The molecular formula is C19H23N3O4. The average Bonchev–Trinajstić information content (AvgIpc) is 2.85. The molecule has 1 aromatic rings. The third-order valence-corrected chi connectivity index (χ3v) is 5.41. The highest BCUT2D eigenvalue weighted by atomic mass is 16.5. The van der Waals surface area contributed by atoms with Gasteiger partial charge in [-0.15, -0.1) is 0 Å². The van der Waals surface area contributed by atoms with E-state index < -0.39 is 0 Å². The number of rotatable bonds is 2. The number of hydrogen-bond acceptors (Lipinski definition) is 4. The number of carbonyl (C=O) groups excluding carboxylic acids is 3. The number of nitrogens with zero attached hydrogens (tertiary/aromatic N) is 2. The number of hydrogen-bond donors (Lipinski definition) is 1. The van der Waals surface area contributed by atoms with E-state index >= 15 is 0 Å². The lowest BCUT2D eigenvalue weighted by Crippen LogP contribution is -2.41. The fourth-order valence-electron chi connectivity index (χ4n) is 3.64. The zero-order valence-corrected chi connectivity index (χ0v) is 14.7. The molecule has 7 nitrogen and oxygen atoms in total. The van der Waals surface area contributed by atoms with Crippen LogP contribution in [0.4, 0.5) is 5.69 Å². The molecule has 2 fully saturated rings. The van der Waals surface area contributed by atoms with E-state index in [1.54, 1.807) is 23.1 Å². The highest BCUT2D eigenvalue weighted by molar-refractivity contribution is 5.99. The molecule has 26 heavy (non-hydrogen) atoms. The maximum absolute atomic E-state index is 12.9. The van der Waals surface area contributed by atoms with Crippen molar-refractivity contribution in [3.8, 4) is 5.75 Å². The van der Waals surface area contributed by atoms with Crippen molar-refractivity contribution in [1.29, 1.82) is 0 Å². The van der Waals surface area contributed by atoms with Crippen molar-refractivity contribution >= 4 is 23.4 Å². The maximum Gasteiger partial charge on any atom is 0.262 e. The van der Waals surface area contributed by atoms with E-state index in [1.165, 1.54) is 0 Å². The van der Waals surface area contributed by atoms with Crippen molar-refractivity contribution in [2.45, 2.75) is 25.7 Å². The number of ether oxygens (including phenoxy) is 1. The zero-order valence-electron chi connectivity index (χ0n) is 14.7. The van der Waals surface area contributed by atoms with Crippen LogP contribution in [0.15, 0.2) is 18.2 Å². The number of benzene rings is 1. The molecule has 1 aromatic carbocycles. The minimum absolute atomic E-state index is 0.0351. The van der Waals surface area contributed by atoms with Crippen LogP contribution < -0.4 is 10.1 Å². The van der Waals surface area contributed by atoms with Crippen molar-refractivity contribution in [3.63, 3.8) is 0 Å². The number of carbonyl (C=O) groups is 3. The second-order valence-corrected chi connectivity index (χ2v) is 7.15. The second kappa shape index (κ2) is 6.97. The first-order valence-corrected chi connectivity index (χ1v) is 9.26. The third-order valence-electron chi connectivity index (χ3n) is 5.41. The van der Waals surface area contributed by atoms with Crippen LogP contribution in [0.5, 0.6) is 5.75 Å². The van der Waals surface area contributed by atoms with Crippen LogP contribution in [-0.2, 0) is 9.59 Å². The Hall–Kier alpha value is -2.57. The Kier molecular flexibility index (Phi) is 4.53. The van der Waals surface area contributed by atoms with E-state index in [1.807, 2.05) is 4.90 Å². The van der Waals surface area contributed by atoms with Gasteiger partial charge in [0.15, 0.2) is 6.61 Å². The summed E-state index contributed by atoms with van der Waals surface area (Å²) in [6, 6.07) is 5.08. The SMILES string of the molecule is O=C1COc2cc(C(=O)N3CCCN(C(=O)C4CCC4)CC3)ccc2N1. The topological polar surface area (TPSA) is 79.0 Å². The molecule has 0 atom stereocenters. The Morgan fingerprint density at radius 3 is 2.58 bits per heavy atom. The Balaban J connectivity index is 1.42. The van der Waals surface area contributed by atoms with Gasteiger partial charge in [-0.3, -0.25) is 14.4 Å². The molecule has 0 spiro atoms. The summed E-state index contributed by atoms with van der Waals surface area (Å²) in [5.74, 6) is 0.715. The van der Waals surface area contributed by atoms with Crippen molar-refractivity contribution < 1.29 is 19.1 Å². The monoisotopic (exact) mass is 357 g/mol. The van der Waals surface area contributed by atoms with Crippen molar-refractivity contribution in [1.82, 2.24) is 9.80 Å². The van der Waals surface area contributed by atoms with Crippen LogP contribution in [0.3, 0.4) is 0 Å². The van der Waals surface area contributed by atoms with Crippen LogP contribution in [0.1, 0.15) is 36.0 Å². The standard InChI is InChI=1S/C19H23N3O4/c23-17-12-26-16-11-14(5-6-15(16)20-17)19(25)22-8-2-7-21(9-10-22)18(24)13-3-1-4-13/h5-6,11,13H,1-4,7-10,12H2,(H,20,23). The van der Waals surface area contributed by atoms with Gasteiger partial charge in [0.25, 0.3) is 11.8 Å².